The number of carbonyl (C=O) groups excluding carboxylic acids is 1. The molecule has 7 heteroatoms. The maximum absolute atomic E-state index is 12.8. The van der Waals surface area contributed by atoms with Gasteiger partial charge in [-0.3, -0.25) is 9.59 Å². The van der Waals surface area contributed by atoms with Crippen molar-refractivity contribution in [3.8, 4) is 5.75 Å². The summed E-state index contributed by atoms with van der Waals surface area (Å²) in [7, 11) is 0. The number of hydrogen-bond donors (Lipinski definition) is 2. The molecule has 4 aromatic rings. The number of carbonyl (C=O) groups is 2. The van der Waals surface area contributed by atoms with Crippen LogP contribution in [0.1, 0.15) is 26.3 Å². The lowest BCUT2D eigenvalue weighted by Gasteiger charge is -2.06. The number of thiol groups is 1. The van der Waals surface area contributed by atoms with Crippen LogP contribution < -0.4 is 10.2 Å². The molecule has 0 aliphatic heterocycles. The van der Waals surface area contributed by atoms with Crippen LogP contribution in [0, 0.1) is 0 Å². The van der Waals surface area contributed by atoms with E-state index in [2.05, 4.69) is 12.6 Å². The van der Waals surface area contributed by atoms with Crippen LogP contribution >= 0.6 is 12.6 Å². The summed E-state index contributed by atoms with van der Waals surface area (Å²) in [5.74, 6) is -0.515. The van der Waals surface area contributed by atoms with Crippen molar-refractivity contribution >= 4 is 46.3 Å². The predicted octanol–water partition coefficient (Wildman–Crippen LogP) is 4.14. The van der Waals surface area contributed by atoms with Crippen LogP contribution in [0.3, 0.4) is 0 Å². The standard InChI is InChI=1S/C22H14O6S/c23-20(12-1-5-15(6-2-12)27-11-29)13-3-7-16-19(10-13)28-18-8-4-14(22(25)26)9-17(18)21(16)24/h1-10,29H,11H2,(H,25,26). The molecule has 0 aliphatic rings. The molecule has 3 aromatic carbocycles. The van der Waals surface area contributed by atoms with Gasteiger partial charge in [0, 0.05) is 11.1 Å². The van der Waals surface area contributed by atoms with Gasteiger partial charge in [0.05, 0.1) is 16.3 Å². The third-order valence-electron chi connectivity index (χ3n) is 4.53. The number of benzene rings is 3. The summed E-state index contributed by atoms with van der Waals surface area (Å²) in [6.45, 7) is 0. The fourth-order valence-corrected chi connectivity index (χ4v) is 3.22. The average molecular weight is 406 g/mol. The molecule has 0 fully saturated rings. The van der Waals surface area contributed by atoms with E-state index in [9.17, 15) is 14.4 Å². The monoisotopic (exact) mass is 406 g/mol. The van der Waals surface area contributed by atoms with Crippen LogP contribution in [0.5, 0.6) is 5.75 Å². The molecule has 6 nitrogen and oxygen atoms in total. The van der Waals surface area contributed by atoms with Gasteiger partial charge in [0.15, 0.2) is 5.78 Å². The van der Waals surface area contributed by atoms with E-state index in [4.69, 9.17) is 14.3 Å². The summed E-state index contributed by atoms with van der Waals surface area (Å²) in [5.41, 5.74) is 0.991. The molecule has 0 aliphatic carbocycles. The SMILES string of the molecule is O=C(O)c1ccc2oc3cc(C(=O)c4ccc(OCS)cc4)ccc3c(=O)c2c1. The highest BCUT2D eigenvalue weighted by molar-refractivity contribution is 7.80. The van der Waals surface area contributed by atoms with Crippen molar-refractivity contribution in [3.63, 3.8) is 0 Å². The van der Waals surface area contributed by atoms with Crippen molar-refractivity contribution < 1.29 is 23.8 Å². The highest BCUT2D eigenvalue weighted by atomic mass is 32.1. The molecular weight excluding hydrogens is 392 g/mol. The molecule has 0 bridgehead atoms. The Balaban J connectivity index is 1.78. The zero-order valence-electron chi connectivity index (χ0n) is 14.9. The first-order valence-electron chi connectivity index (χ1n) is 8.60. The van der Waals surface area contributed by atoms with Crippen molar-refractivity contribution in [2.45, 2.75) is 0 Å². The first-order valence-corrected chi connectivity index (χ1v) is 9.23. The van der Waals surface area contributed by atoms with Crippen LogP contribution in [-0.4, -0.2) is 22.8 Å². The Bertz CT molecular complexity index is 1320. The minimum Gasteiger partial charge on any atom is -0.483 e. The van der Waals surface area contributed by atoms with Crippen molar-refractivity contribution in [1.82, 2.24) is 0 Å². The minimum atomic E-state index is -1.13. The van der Waals surface area contributed by atoms with Crippen LogP contribution in [0.4, 0.5) is 0 Å². The summed E-state index contributed by atoms with van der Waals surface area (Å²) in [6.07, 6.45) is 0. The van der Waals surface area contributed by atoms with E-state index in [1.165, 1.54) is 30.3 Å². The Morgan fingerprint density at radius 3 is 2.24 bits per heavy atom. The van der Waals surface area contributed by atoms with E-state index in [1.807, 2.05) is 0 Å². The van der Waals surface area contributed by atoms with Gasteiger partial charge in [-0.25, -0.2) is 4.79 Å². The maximum Gasteiger partial charge on any atom is 0.335 e. The molecule has 0 atom stereocenters. The van der Waals surface area contributed by atoms with Crippen LogP contribution in [0.25, 0.3) is 21.9 Å². The second-order valence-electron chi connectivity index (χ2n) is 6.29. The first-order chi connectivity index (χ1) is 14.0. The summed E-state index contributed by atoms with van der Waals surface area (Å²) in [6, 6.07) is 15.3. The summed E-state index contributed by atoms with van der Waals surface area (Å²) < 4.78 is 11.0. The molecule has 0 saturated carbocycles. The average Bonchev–Trinajstić information content (AvgIpc) is 2.73. The zero-order valence-corrected chi connectivity index (χ0v) is 15.8. The lowest BCUT2D eigenvalue weighted by molar-refractivity contribution is 0.0697. The molecule has 0 unspecified atom stereocenters. The first kappa shape index (κ1) is 18.8. The van der Waals surface area contributed by atoms with E-state index in [0.29, 0.717) is 16.9 Å². The van der Waals surface area contributed by atoms with Crippen molar-refractivity contribution in [3.05, 3.63) is 87.6 Å². The molecule has 0 saturated heterocycles. The molecule has 0 radical (unpaired) electrons. The van der Waals surface area contributed by atoms with E-state index in [-0.39, 0.29) is 44.7 Å². The number of hydrogen-bond acceptors (Lipinski definition) is 6. The van der Waals surface area contributed by atoms with Gasteiger partial charge in [-0.05, 0) is 54.6 Å². The second kappa shape index (κ2) is 7.44. The number of carboxylic acid groups (broad SMARTS) is 1. The molecule has 1 heterocycles. The Morgan fingerprint density at radius 1 is 0.862 bits per heavy atom. The van der Waals surface area contributed by atoms with Gasteiger partial charge < -0.3 is 14.3 Å². The number of carboxylic acids is 1. The fourth-order valence-electron chi connectivity index (χ4n) is 3.07. The van der Waals surface area contributed by atoms with E-state index in [0.717, 1.165) is 0 Å². The van der Waals surface area contributed by atoms with Gasteiger partial charge in [-0.1, -0.05) is 6.07 Å². The molecule has 0 amide bonds. The summed E-state index contributed by atoms with van der Waals surface area (Å²) in [5, 5.41) is 9.57. The van der Waals surface area contributed by atoms with Crippen LogP contribution in [0.2, 0.25) is 0 Å². The van der Waals surface area contributed by atoms with Crippen LogP contribution in [0.15, 0.2) is 69.9 Å². The van der Waals surface area contributed by atoms with E-state index < -0.39 is 5.97 Å². The molecule has 1 aromatic heterocycles. The van der Waals surface area contributed by atoms with E-state index in [1.54, 1.807) is 30.3 Å². The van der Waals surface area contributed by atoms with Gasteiger partial charge in [-0.2, -0.15) is 0 Å². The Kier molecular flexibility index (Phi) is 4.82. The van der Waals surface area contributed by atoms with Crippen LogP contribution in [-0.2, 0) is 0 Å². The van der Waals surface area contributed by atoms with Gasteiger partial charge in [0.25, 0.3) is 0 Å². The van der Waals surface area contributed by atoms with Crippen molar-refractivity contribution in [2.24, 2.45) is 0 Å². The topological polar surface area (TPSA) is 93.8 Å². The van der Waals surface area contributed by atoms with Gasteiger partial charge in [-0.15, -0.1) is 12.6 Å². The molecular formula is C22H14O6S. The highest BCUT2D eigenvalue weighted by Gasteiger charge is 2.15. The van der Waals surface area contributed by atoms with E-state index >= 15 is 0 Å². The summed E-state index contributed by atoms with van der Waals surface area (Å²) >= 11 is 3.99. The number of ketones is 1. The van der Waals surface area contributed by atoms with Crippen molar-refractivity contribution in [2.75, 3.05) is 5.94 Å². The maximum atomic E-state index is 12.8. The molecule has 144 valence electrons. The number of fused-ring (bicyclic) bond motifs is 2. The smallest absolute Gasteiger partial charge is 0.335 e. The Labute approximate surface area is 169 Å². The molecule has 0 spiro atoms. The lowest BCUT2D eigenvalue weighted by Crippen LogP contribution is -2.06. The number of rotatable bonds is 5. The predicted molar refractivity (Wildman–Crippen MR) is 111 cm³/mol. The van der Waals surface area contributed by atoms with Gasteiger partial charge in [0.2, 0.25) is 5.43 Å². The summed E-state index contributed by atoms with van der Waals surface area (Å²) in [4.78, 5) is 36.7. The largest absolute Gasteiger partial charge is 0.483 e. The third-order valence-corrected chi connectivity index (χ3v) is 4.66. The van der Waals surface area contributed by atoms with Crippen molar-refractivity contribution in [1.29, 1.82) is 0 Å². The minimum absolute atomic E-state index is 0.00120. The quantitative estimate of drug-likeness (QED) is 0.224. The molecule has 4 rings (SSSR count). The highest BCUT2D eigenvalue weighted by Crippen LogP contribution is 2.23. The fraction of sp³-hybridized carbons (Fsp3) is 0.0455. The number of aromatic carboxylic acids is 1. The normalized spacial score (nSPS) is 10.9. The second-order valence-corrected chi connectivity index (χ2v) is 6.54. The van der Waals surface area contributed by atoms with Gasteiger partial charge >= 0.3 is 5.97 Å². The van der Waals surface area contributed by atoms with Gasteiger partial charge in [0.1, 0.15) is 22.9 Å². The molecule has 29 heavy (non-hydrogen) atoms. The third kappa shape index (κ3) is 3.48. The Hall–Kier alpha value is -3.58. The molecule has 1 N–H and O–H groups in total. The lowest BCUT2D eigenvalue weighted by atomic mass is 10.0. The zero-order chi connectivity index (χ0) is 20.5. The Morgan fingerprint density at radius 2 is 1.55 bits per heavy atom. The number of ether oxygens (including phenoxy) is 1.